The van der Waals surface area contributed by atoms with E-state index in [1.807, 2.05) is 42.5 Å². The van der Waals surface area contributed by atoms with Crippen LogP contribution in [0.2, 0.25) is 5.02 Å². The van der Waals surface area contributed by atoms with Gasteiger partial charge in [-0.05, 0) is 30.2 Å². The molecule has 7 heteroatoms. The van der Waals surface area contributed by atoms with Crippen molar-refractivity contribution in [3.8, 4) is 11.1 Å². The molecule has 144 valence electrons. The second-order valence-electron chi connectivity index (χ2n) is 6.82. The summed E-state index contributed by atoms with van der Waals surface area (Å²) < 4.78 is 4.77. The van der Waals surface area contributed by atoms with Crippen LogP contribution in [-0.2, 0) is 9.53 Å². The molecule has 2 heterocycles. The molecular formula is C21H20ClN3O3. The van der Waals surface area contributed by atoms with Gasteiger partial charge < -0.3 is 20.4 Å². The first kappa shape index (κ1) is 18.5. The number of fused-ring (bicyclic) bond motifs is 1. The van der Waals surface area contributed by atoms with E-state index in [9.17, 15) is 9.59 Å². The van der Waals surface area contributed by atoms with Crippen LogP contribution in [-0.4, -0.2) is 42.6 Å². The van der Waals surface area contributed by atoms with Crippen LogP contribution in [0.5, 0.6) is 0 Å². The Balaban J connectivity index is 1.67. The molecule has 2 atom stereocenters. The number of amides is 1. The molecule has 3 N–H and O–H groups in total. The first-order valence-corrected chi connectivity index (χ1v) is 9.43. The van der Waals surface area contributed by atoms with Crippen LogP contribution in [0.25, 0.3) is 22.0 Å². The van der Waals surface area contributed by atoms with Crippen LogP contribution >= 0.6 is 11.6 Å². The molecular weight excluding hydrogens is 378 g/mol. The predicted octanol–water partition coefficient (Wildman–Crippen LogP) is 3.12. The third-order valence-electron chi connectivity index (χ3n) is 5.00. The second-order valence-corrected chi connectivity index (χ2v) is 7.26. The zero-order chi connectivity index (χ0) is 19.7. The summed E-state index contributed by atoms with van der Waals surface area (Å²) in [6.45, 7) is 0.512. The molecule has 0 bridgehead atoms. The van der Waals surface area contributed by atoms with Crippen LogP contribution < -0.4 is 10.6 Å². The number of H-pyrrole nitrogens is 1. The highest BCUT2D eigenvalue weighted by molar-refractivity contribution is 6.31. The molecule has 3 aromatic rings. The van der Waals surface area contributed by atoms with E-state index >= 15 is 0 Å². The van der Waals surface area contributed by atoms with E-state index in [0.717, 1.165) is 22.0 Å². The Kier molecular flexibility index (Phi) is 5.07. The lowest BCUT2D eigenvalue weighted by atomic mass is 10.0. The van der Waals surface area contributed by atoms with Gasteiger partial charge in [0.15, 0.2) is 0 Å². The fourth-order valence-electron chi connectivity index (χ4n) is 3.66. The molecule has 1 aliphatic heterocycles. The molecule has 0 spiro atoms. The number of carbonyl (C=O) groups is 2. The number of aromatic amines is 1. The summed E-state index contributed by atoms with van der Waals surface area (Å²) in [5.74, 6) is -0.537. The summed E-state index contributed by atoms with van der Waals surface area (Å²) in [6.07, 6.45) is 0.491. The summed E-state index contributed by atoms with van der Waals surface area (Å²) in [5, 5.41) is 7.59. The lowest BCUT2D eigenvalue weighted by molar-refractivity contribution is -0.142. The SMILES string of the molecule is COC(=O)[C@@H]1C[C@H](NC(=O)c2[nH]c3ccc(Cl)cc3c2-c2ccccc2)CN1. The van der Waals surface area contributed by atoms with Gasteiger partial charge in [0.2, 0.25) is 0 Å². The van der Waals surface area contributed by atoms with Crippen LogP contribution in [0.1, 0.15) is 16.9 Å². The molecule has 1 amide bonds. The number of esters is 1. The highest BCUT2D eigenvalue weighted by Crippen LogP contribution is 2.34. The number of benzene rings is 2. The topological polar surface area (TPSA) is 83.2 Å². The largest absolute Gasteiger partial charge is 0.468 e. The highest BCUT2D eigenvalue weighted by atomic mass is 35.5. The van der Waals surface area contributed by atoms with Crippen LogP contribution in [0.3, 0.4) is 0 Å². The third-order valence-corrected chi connectivity index (χ3v) is 5.24. The summed E-state index contributed by atoms with van der Waals surface area (Å²) in [6, 6.07) is 14.7. The Bertz CT molecular complexity index is 1030. The van der Waals surface area contributed by atoms with Crippen molar-refractivity contribution in [3.05, 3.63) is 59.2 Å². The van der Waals surface area contributed by atoms with Crippen molar-refractivity contribution in [2.45, 2.75) is 18.5 Å². The molecule has 1 aromatic heterocycles. The zero-order valence-corrected chi connectivity index (χ0v) is 16.0. The zero-order valence-electron chi connectivity index (χ0n) is 15.3. The van der Waals surface area contributed by atoms with Crippen molar-refractivity contribution in [1.82, 2.24) is 15.6 Å². The van der Waals surface area contributed by atoms with Gasteiger partial charge in [0.25, 0.3) is 5.91 Å². The Morgan fingerprint density at radius 3 is 2.71 bits per heavy atom. The molecule has 1 saturated heterocycles. The summed E-state index contributed by atoms with van der Waals surface area (Å²) in [4.78, 5) is 28.0. The summed E-state index contributed by atoms with van der Waals surface area (Å²) in [5.41, 5.74) is 3.06. The van der Waals surface area contributed by atoms with Crippen LogP contribution in [0, 0.1) is 0 Å². The molecule has 28 heavy (non-hydrogen) atoms. The monoisotopic (exact) mass is 397 g/mol. The quantitative estimate of drug-likeness (QED) is 0.591. The van der Waals surface area contributed by atoms with Gasteiger partial charge in [0.05, 0.1) is 7.11 Å². The number of carbonyl (C=O) groups excluding carboxylic acids is 2. The number of rotatable bonds is 4. The first-order chi connectivity index (χ1) is 13.6. The molecule has 1 fully saturated rings. The normalized spacial score (nSPS) is 18.9. The van der Waals surface area contributed by atoms with E-state index in [4.69, 9.17) is 16.3 Å². The summed E-state index contributed by atoms with van der Waals surface area (Å²) in [7, 11) is 1.36. The Morgan fingerprint density at radius 1 is 1.18 bits per heavy atom. The van der Waals surface area contributed by atoms with Gasteiger partial charge >= 0.3 is 5.97 Å². The smallest absolute Gasteiger partial charge is 0.322 e. The maximum absolute atomic E-state index is 13.1. The maximum Gasteiger partial charge on any atom is 0.322 e. The second kappa shape index (κ2) is 7.66. The number of hydrogen-bond donors (Lipinski definition) is 3. The van der Waals surface area contributed by atoms with E-state index in [1.165, 1.54) is 7.11 Å². The number of ether oxygens (including phenoxy) is 1. The molecule has 0 aliphatic carbocycles. The average molecular weight is 398 g/mol. The molecule has 2 aromatic carbocycles. The summed E-state index contributed by atoms with van der Waals surface area (Å²) >= 11 is 6.20. The number of methoxy groups -OCH3 is 1. The minimum atomic E-state index is -0.398. The average Bonchev–Trinajstić information content (AvgIpc) is 3.32. The van der Waals surface area contributed by atoms with Crippen molar-refractivity contribution < 1.29 is 14.3 Å². The van der Waals surface area contributed by atoms with Gasteiger partial charge in [-0.15, -0.1) is 0 Å². The van der Waals surface area contributed by atoms with Crippen molar-refractivity contribution >= 4 is 34.4 Å². The number of aromatic nitrogens is 1. The van der Waals surface area contributed by atoms with Crippen LogP contribution in [0.15, 0.2) is 48.5 Å². The van der Waals surface area contributed by atoms with Crippen molar-refractivity contribution in [2.75, 3.05) is 13.7 Å². The van der Waals surface area contributed by atoms with E-state index in [0.29, 0.717) is 23.7 Å². The van der Waals surface area contributed by atoms with Crippen molar-refractivity contribution in [1.29, 1.82) is 0 Å². The Hall–Kier alpha value is -2.83. The van der Waals surface area contributed by atoms with E-state index in [1.54, 1.807) is 6.07 Å². The van der Waals surface area contributed by atoms with Crippen LogP contribution in [0.4, 0.5) is 0 Å². The fraction of sp³-hybridized carbons (Fsp3) is 0.238. The molecule has 0 unspecified atom stereocenters. The van der Waals surface area contributed by atoms with E-state index in [2.05, 4.69) is 15.6 Å². The Labute approximate surface area is 167 Å². The van der Waals surface area contributed by atoms with Crippen molar-refractivity contribution in [2.24, 2.45) is 0 Å². The third kappa shape index (κ3) is 3.48. The minimum Gasteiger partial charge on any atom is -0.468 e. The number of hydrogen-bond acceptors (Lipinski definition) is 4. The van der Waals surface area contributed by atoms with E-state index < -0.39 is 6.04 Å². The first-order valence-electron chi connectivity index (χ1n) is 9.05. The molecule has 1 aliphatic rings. The van der Waals surface area contributed by atoms with Gasteiger partial charge in [-0.1, -0.05) is 41.9 Å². The van der Waals surface area contributed by atoms with Gasteiger partial charge in [-0.3, -0.25) is 9.59 Å². The Morgan fingerprint density at radius 2 is 1.96 bits per heavy atom. The minimum absolute atomic E-state index is 0.157. The van der Waals surface area contributed by atoms with Gasteiger partial charge in [-0.25, -0.2) is 0 Å². The number of nitrogens with one attached hydrogen (secondary N) is 3. The fourth-order valence-corrected chi connectivity index (χ4v) is 3.84. The lowest BCUT2D eigenvalue weighted by Gasteiger charge is -2.12. The number of halogens is 1. The molecule has 6 nitrogen and oxygen atoms in total. The van der Waals surface area contributed by atoms with Gasteiger partial charge in [-0.2, -0.15) is 0 Å². The van der Waals surface area contributed by atoms with E-state index in [-0.39, 0.29) is 17.9 Å². The molecule has 0 radical (unpaired) electrons. The van der Waals surface area contributed by atoms with Gasteiger partial charge in [0.1, 0.15) is 11.7 Å². The molecule has 0 saturated carbocycles. The predicted molar refractivity (Wildman–Crippen MR) is 108 cm³/mol. The van der Waals surface area contributed by atoms with Gasteiger partial charge in [0, 0.05) is 34.1 Å². The highest BCUT2D eigenvalue weighted by Gasteiger charge is 2.32. The lowest BCUT2D eigenvalue weighted by Crippen LogP contribution is -2.36. The maximum atomic E-state index is 13.1. The standard InChI is InChI=1S/C21H20ClN3O3/c1-28-21(27)17-10-14(11-23-17)24-20(26)19-18(12-5-3-2-4-6-12)15-9-13(22)7-8-16(15)25-19/h2-9,14,17,23,25H,10-11H2,1H3,(H,24,26)/t14-,17-/m0/s1. The molecule has 4 rings (SSSR count). The van der Waals surface area contributed by atoms with Crippen molar-refractivity contribution in [3.63, 3.8) is 0 Å².